The molecule has 3 aromatic rings. The lowest BCUT2D eigenvalue weighted by Crippen LogP contribution is -2.44. The number of hydrogen-bond donors (Lipinski definition) is 1. The van der Waals surface area contributed by atoms with Gasteiger partial charge in [0.25, 0.3) is 11.6 Å². The fraction of sp³-hybridized carbons (Fsp3) is 0.304. The van der Waals surface area contributed by atoms with Gasteiger partial charge >= 0.3 is 6.03 Å². The van der Waals surface area contributed by atoms with E-state index in [2.05, 4.69) is 4.98 Å². The Morgan fingerprint density at radius 2 is 1.97 bits per heavy atom. The number of nitrogens with zero attached hydrogens (tertiary/aromatic N) is 3. The number of carbonyl (C=O) groups is 2. The van der Waals surface area contributed by atoms with Gasteiger partial charge in [0, 0.05) is 41.7 Å². The molecule has 0 radical (unpaired) electrons. The molecule has 8 heteroatoms. The van der Waals surface area contributed by atoms with E-state index in [-0.39, 0.29) is 17.6 Å². The molecule has 0 aliphatic carbocycles. The fourth-order valence-electron chi connectivity index (χ4n) is 4.81. The molecule has 5 rings (SSSR count). The number of nitrogens with one attached hydrogen (secondary N) is 1. The highest BCUT2D eigenvalue weighted by Crippen LogP contribution is 2.44. The summed E-state index contributed by atoms with van der Waals surface area (Å²) in [6, 6.07) is 12.6. The predicted octanol–water partition coefficient (Wildman–Crippen LogP) is 4.15. The first kappa shape index (κ1) is 19.3. The topological polar surface area (TPSA) is 99.5 Å². The molecule has 8 nitrogen and oxygen atoms in total. The molecule has 3 heterocycles. The summed E-state index contributed by atoms with van der Waals surface area (Å²) < 4.78 is 0. The number of benzene rings is 2. The zero-order valence-electron chi connectivity index (χ0n) is 17.1. The molecule has 2 unspecified atom stereocenters. The highest BCUT2D eigenvalue weighted by Gasteiger charge is 2.52. The Balaban J connectivity index is 1.69. The van der Waals surface area contributed by atoms with Crippen molar-refractivity contribution in [2.45, 2.75) is 38.3 Å². The normalized spacial score (nSPS) is 20.3. The van der Waals surface area contributed by atoms with Crippen LogP contribution in [0.5, 0.6) is 0 Å². The molecule has 158 valence electrons. The Kier molecular flexibility index (Phi) is 4.50. The van der Waals surface area contributed by atoms with E-state index in [0.29, 0.717) is 18.5 Å². The number of para-hydroxylation sites is 1. The molecular weight excluding hydrogens is 396 g/mol. The van der Waals surface area contributed by atoms with Crippen molar-refractivity contribution < 1.29 is 14.5 Å². The van der Waals surface area contributed by atoms with Crippen LogP contribution in [0.2, 0.25) is 0 Å². The van der Waals surface area contributed by atoms with Gasteiger partial charge in [-0.25, -0.2) is 4.79 Å². The van der Waals surface area contributed by atoms with Gasteiger partial charge in [-0.15, -0.1) is 0 Å². The first-order chi connectivity index (χ1) is 15.0. The molecule has 2 aromatic carbocycles. The molecule has 1 aromatic heterocycles. The summed E-state index contributed by atoms with van der Waals surface area (Å²) in [6.45, 7) is 2.40. The van der Waals surface area contributed by atoms with E-state index < -0.39 is 17.0 Å². The van der Waals surface area contributed by atoms with E-state index in [1.165, 1.54) is 17.0 Å². The molecule has 31 heavy (non-hydrogen) atoms. The first-order valence-corrected chi connectivity index (χ1v) is 10.5. The predicted molar refractivity (Wildman–Crippen MR) is 115 cm³/mol. The number of unbranched alkanes of at least 4 members (excludes halogenated alkanes) is 1. The van der Waals surface area contributed by atoms with E-state index in [1.807, 2.05) is 31.2 Å². The Bertz CT molecular complexity index is 1220. The Hall–Kier alpha value is -3.68. The number of nitro benzene ring substituents is 1. The number of non-ortho nitro benzene ring substituents is 1. The van der Waals surface area contributed by atoms with Crippen LogP contribution in [-0.2, 0) is 11.2 Å². The van der Waals surface area contributed by atoms with Crippen molar-refractivity contribution in [3.05, 3.63) is 75.5 Å². The molecule has 2 aliphatic heterocycles. The molecule has 2 aliphatic rings. The van der Waals surface area contributed by atoms with Crippen molar-refractivity contribution in [3.63, 3.8) is 0 Å². The molecule has 0 spiro atoms. The fourth-order valence-corrected chi connectivity index (χ4v) is 4.81. The van der Waals surface area contributed by atoms with Gasteiger partial charge in [0.2, 0.25) is 0 Å². The second kappa shape index (κ2) is 7.23. The number of aromatic amines is 1. The van der Waals surface area contributed by atoms with Gasteiger partial charge in [0.05, 0.1) is 4.92 Å². The van der Waals surface area contributed by atoms with Gasteiger partial charge in [-0.3, -0.25) is 24.7 Å². The third-order valence-corrected chi connectivity index (χ3v) is 6.27. The monoisotopic (exact) mass is 418 g/mol. The number of nitro groups is 1. The van der Waals surface area contributed by atoms with Gasteiger partial charge in [-0.05, 0) is 23.6 Å². The molecule has 1 N–H and O–H groups in total. The third-order valence-electron chi connectivity index (χ3n) is 6.27. The third kappa shape index (κ3) is 2.90. The molecule has 0 bridgehead atoms. The maximum Gasteiger partial charge on any atom is 0.328 e. The van der Waals surface area contributed by atoms with Crippen LogP contribution in [0, 0.1) is 10.1 Å². The minimum Gasteiger partial charge on any atom is -0.356 e. The van der Waals surface area contributed by atoms with Crippen molar-refractivity contribution in [2.24, 2.45) is 0 Å². The summed E-state index contributed by atoms with van der Waals surface area (Å²) in [5.41, 5.74) is 3.30. The zero-order valence-corrected chi connectivity index (χ0v) is 17.1. The zero-order chi connectivity index (χ0) is 21.7. The summed E-state index contributed by atoms with van der Waals surface area (Å²) >= 11 is 0. The number of aromatic nitrogens is 1. The second-order valence-corrected chi connectivity index (χ2v) is 8.07. The molecule has 0 saturated carbocycles. The Morgan fingerprint density at radius 3 is 2.74 bits per heavy atom. The summed E-state index contributed by atoms with van der Waals surface area (Å²) in [5, 5.41) is 12.4. The van der Waals surface area contributed by atoms with Crippen molar-refractivity contribution >= 4 is 28.5 Å². The van der Waals surface area contributed by atoms with Gasteiger partial charge in [-0.1, -0.05) is 43.7 Å². The SMILES string of the molecule is CCCCN1C(=O)C2Cc3c([nH]c4ccccc34)C(c3cccc([N+](=O)[O-])c3)N2C1=O. The standard InChI is InChI=1S/C23H22N4O4/c1-2-3-11-25-22(28)19-13-17-16-9-4-5-10-18(16)24-20(17)21(26(19)23(25)29)14-7-6-8-15(12-14)27(30)31/h4-10,12,19,21,24H,2-3,11,13H2,1H3. The van der Waals surface area contributed by atoms with Gasteiger partial charge < -0.3 is 4.98 Å². The number of imide groups is 1. The summed E-state index contributed by atoms with van der Waals surface area (Å²) in [7, 11) is 0. The molecule has 1 saturated heterocycles. The summed E-state index contributed by atoms with van der Waals surface area (Å²) in [5.74, 6) is -0.190. The summed E-state index contributed by atoms with van der Waals surface area (Å²) in [6.07, 6.45) is 2.05. The van der Waals surface area contributed by atoms with Crippen molar-refractivity contribution in [1.29, 1.82) is 0 Å². The second-order valence-electron chi connectivity index (χ2n) is 8.07. The van der Waals surface area contributed by atoms with Crippen LogP contribution in [0.15, 0.2) is 48.5 Å². The molecular formula is C23H22N4O4. The number of hydrogen-bond acceptors (Lipinski definition) is 4. The van der Waals surface area contributed by atoms with E-state index in [9.17, 15) is 19.7 Å². The maximum absolute atomic E-state index is 13.4. The minimum absolute atomic E-state index is 0.0434. The molecule has 1 fully saturated rings. The van der Waals surface area contributed by atoms with E-state index in [1.54, 1.807) is 17.0 Å². The van der Waals surface area contributed by atoms with Crippen LogP contribution in [0.4, 0.5) is 10.5 Å². The lowest BCUT2D eigenvalue weighted by atomic mass is 9.88. The van der Waals surface area contributed by atoms with Crippen LogP contribution in [0.25, 0.3) is 10.9 Å². The van der Waals surface area contributed by atoms with Crippen LogP contribution < -0.4 is 0 Å². The average molecular weight is 418 g/mol. The molecule has 3 amide bonds. The Morgan fingerprint density at radius 1 is 1.16 bits per heavy atom. The van der Waals surface area contributed by atoms with Crippen LogP contribution >= 0.6 is 0 Å². The van der Waals surface area contributed by atoms with E-state index in [0.717, 1.165) is 35.0 Å². The highest BCUT2D eigenvalue weighted by molar-refractivity contribution is 6.05. The van der Waals surface area contributed by atoms with E-state index in [4.69, 9.17) is 0 Å². The largest absolute Gasteiger partial charge is 0.356 e. The first-order valence-electron chi connectivity index (χ1n) is 10.5. The number of H-pyrrole nitrogens is 1. The van der Waals surface area contributed by atoms with Crippen molar-refractivity contribution in [2.75, 3.05) is 6.54 Å². The number of amides is 3. The highest BCUT2D eigenvalue weighted by atomic mass is 16.6. The van der Waals surface area contributed by atoms with Gasteiger partial charge in [0.15, 0.2) is 0 Å². The van der Waals surface area contributed by atoms with Crippen LogP contribution in [-0.4, -0.2) is 44.2 Å². The lowest BCUT2D eigenvalue weighted by Gasteiger charge is -2.36. The Labute approximate surface area is 178 Å². The van der Waals surface area contributed by atoms with Crippen LogP contribution in [0.3, 0.4) is 0 Å². The number of carbonyl (C=O) groups excluding carboxylic acids is 2. The van der Waals surface area contributed by atoms with Gasteiger partial charge in [0.1, 0.15) is 12.1 Å². The quantitative estimate of drug-likeness (QED) is 0.382. The number of rotatable bonds is 5. The minimum atomic E-state index is -0.611. The molecule has 2 atom stereocenters. The number of fused-ring (bicyclic) bond motifs is 4. The lowest BCUT2D eigenvalue weighted by molar-refractivity contribution is -0.384. The van der Waals surface area contributed by atoms with Crippen LogP contribution in [0.1, 0.15) is 42.6 Å². The number of urea groups is 1. The van der Waals surface area contributed by atoms with Gasteiger partial charge in [-0.2, -0.15) is 0 Å². The summed E-state index contributed by atoms with van der Waals surface area (Å²) in [4.78, 5) is 43.9. The van der Waals surface area contributed by atoms with E-state index >= 15 is 0 Å². The average Bonchev–Trinajstić information content (AvgIpc) is 3.26. The van der Waals surface area contributed by atoms with Crippen molar-refractivity contribution in [1.82, 2.24) is 14.8 Å². The van der Waals surface area contributed by atoms with Crippen molar-refractivity contribution in [3.8, 4) is 0 Å². The smallest absolute Gasteiger partial charge is 0.328 e. The maximum atomic E-state index is 13.4.